The summed E-state index contributed by atoms with van der Waals surface area (Å²) in [6.07, 6.45) is 1.34. The number of thiocarbonyl (C=S) groups is 1. The number of rotatable bonds is 4. The number of aromatic nitrogens is 2. The van der Waals surface area contributed by atoms with E-state index in [0.717, 1.165) is 11.5 Å². The Morgan fingerprint density at radius 3 is 2.50 bits per heavy atom. The van der Waals surface area contributed by atoms with Crippen LogP contribution < -0.4 is 10.5 Å². The van der Waals surface area contributed by atoms with E-state index in [4.69, 9.17) is 18.0 Å². The molecule has 0 atom stereocenters. The number of nitrogens with two attached hydrogens (primary N) is 1. The predicted molar refractivity (Wildman–Crippen MR) is 73.0 cm³/mol. The SMILES string of the molecule is NC(=S)c1ccc(S(=O)(=O)Nc2cnns2)cc1. The molecule has 0 spiro atoms. The highest BCUT2D eigenvalue weighted by Crippen LogP contribution is 2.17. The van der Waals surface area contributed by atoms with Gasteiger partial charge in [0.15, 0.2) is 0 Å². The van der Waals surface area contributed by atoms with Gasteiger partial charge in [0.2, 0.25) is 0 Å². The Morgan fingerprint density at radius 1 is 1.33 bits per heavy atom. The fourth-order valence-electron chi connectivity index (χ4n) is 1.20. The van der Waals surface area contributed by atoms with Crippen molar-refractivity contribution >= 4 is 43.8 Å². The summed E-state index contributed by atoms with van der Waals surface area (Å²) < 4.78 is 29.8. The zero-order valence-corrected chi connectivity index (χ0v) is 11.3. The molecule has 0 aliphatic carbocycles. The fraction of sp³-hybridized carbons (Fsp3) is 0. The Hall–Kier alpha value is -1.58. The van der Waals surface area contributed by atoms with Crippen LogP contribution in [0, 0.1) is 0 Å². The molecule has 1 aromatic carbocycles. The van der Waals surface area contributed by atoms with Gasteiger partial charge in [-0.15, -0.1) is 5.10 Å². The van der Waals surface area contributed by atoms with Crippen LogP contribution in [0.3, 0.4) is 0 Å². The van der Waals surface area contributed by atoms with Gasteiger partial charge in [0.25, 0.3) is 10.0 Å². The third kappa shape index (κ3) is 2.81. The normalized spacial score (nSPS) is 11.1. The molecular formula is C9H8N4O2S3. The molecule has 0 aliphatic rings. The summed E-state index contributed by atoms with van der Waals surface area (Å²) in [6, 6.07) is 5.99. The lowest BCUT2D eigenvalue weighted by Gasteiger charge is -2.05. The molecule has 0 saturated heterocycles. The molecular weight excluding hydrogens is 292 g/mol. The van der Waals surface area contributed by atoms with E-state index in [2.05, 4.69) is 14.3 Å². The summed E-state index contributed by atoms with van der Waals surface area (Å²) in [4.78, 5) is 0.342. The highest BCUT2D eigenvalue weighted by molar-refractivity contribution is 7.93. The van der Waals surface area contributed by atoms with E-state index >= 15 is 0 Å². The van der Waals surface area contributed by atoms with E-state index in [9.17, 15) is 8.42 Å². The summed E-state index contributed by atoms with van der Waals surface area (Å²) in [5.74, 6) is 0. The van der Waals surface area contributed by atoms with Gasteiger partial charge in [-0.05, 0) is 12.1 Å². The van der Waals surface area contributed by atoms with E-state index in [1.807, 2.05) is 0 Å². The van der Waals surface area contributed by atoms with Crippen molar-refractivity contribution in [1.82, 2.24) is 9.59 Å². The predicted octanol–water partition coefficient (Wildman–Crippen LogP) is 0.973. The van der Waals surface area contributed by atoms with Crippen LogP contribution in [-0.4, -0.2) is 23.0 Å². The minimum atomic E-state index is -3.63. The minimum Gasteiger partial charge on any atom is -0.389 e. The second-order valence-corrected chi connectivity index (χ2v) is 6.18. The number of hydrogen-bond acceptors (Lipinski definition) is 6. The first-order valence-corrected chi connectivity index (χ1v) is 7.35. The molecule has 9 heteroatoms. The number of benzene rings is 1. The average molecular weight is 300 g/mol. The standard InChI is InChI=1S/C9H8N4O2S3/c10-9(16)6-1-3-7(4-2-6)18(14,15)12-8-5-11-13-17-8/h1-5,12H,(H2,10,16). The van der Waals surface area contributed by atoms with Crippen molar-refractivity contribution in [3.8, 4) is 0 Å². The summed E-state index contributed by atoms with van der Waals surface area (Å²) in [6.45, 7) is 0. The molecule has 1 aromatic heterocycles. The number of hydrogen-bond donors (Lipinski definition) is 2. The average Bonchev–Trinajstić information content (AvgIpc) is 2.81. The van der Waals surface area contributed by atoms with Gasteiger partial charge in [-0.3, -0.25) is 4.72 Å². The molecule has 0 radical (unpaired) electrons. The van der Waals surface area contributed by atoms with Gasteiger partial charge in [0, 0.05) is 17.1 Å². The lowest BCUT2D eigenvalue weighted by atomic mass is 10.2. The topological polar surface area (TPSA) is 98.0 Å². The van der Waals surface area contributed by atoms with Crippen LogP contribution in [0.1, 0.15) is 5.56 Å². The zero-order valence-electron chi connectivity index (χ0n) is 8.90. The van der Waals surface area contributed by atoms with Crippen LogP contribution in [-0.2, 0) is 10.0 Å². The molecule has 0 amide bonds. The summed E-state index contributed by atoms with van der Waals surface area (Å²) in [5, 5.41) is 3.90. The largest absolute Gasteiger partial charge is 0.389 e. The summed E-state index contributed by atoms with van der Waals surface area (Å²) >= 11 is 5.75. The Bertz CT molecular complexity index is 650. The monoisotopic (exact) mass is 300 g/mol. The van der Waals surface area contributed by atoms with Crippen molar-refractivity contribution in [3.63, 3.8) is 0 Å². The molecule has 94 valence electrons. The summed E-state index contributed by atoms with van der Waals surface area (Å²) in [5.41, 5.74) is 6.05. The third-order valence-corrected chi connectivity index (χ3v) is 4.37. The number of nitrogens with one attached hydrogen (secondary N) is 1. The van der Waals surface area contributed by atoms with Gasteiger partial charge in [-0.1, -0.05) is 28.8 Å². The van der Waals surface area contributed by atoms with Crippen LogP contribution in [0.4, 0.5) is 5.00 Å². The van der Waals surface area contributed by atoms with E-state index in [-0.39, 0.29) is 9.88 Å². The maximum Gasteiger partial charge on any atom is 0.262 e. The molecule has 0 saturated carbocycles. The molecule has 3 N–H and O–H groups in total. The Morgan fingerprint density at radius 2 is 2.00 bits per heavy atom. The zero-order chi connectivity index (χ0) is 13.2. The molecule has 0 bridgehead atoms. The van der Waals surface area contributed by atoms with Gasteiger partial charge in [0.05, 0.1) is 11.1 Å². The second-order valence-electron chi connectivity index (χ2n) is 3.28. The molecule has 0 fully saturated rings. The first-order valence-electron chi connectivity index (χ1n) is 4.69. The van der Waals surface area contributed by atoms with E-state index in [0.29, 0.717) is 10.6 Å². The van der Waals surface area contributed by atoms with Gasteiger partial charge < -0.3 is 5.73 Å². The highest BCUT2D eigenvalue weighted by Gasteiger charge is 2.15. The van der Waals surface area contributed by atoms with Gasteiger partial charge >= 0.3 is 0 Å². The minimum absolute atomic E-state index is 0.121. The number of nitrogens with zero attached hydrogens (tertiary/aromatic N) is 2. The molecule has 2 aromatic rings. The van der Waals surface area contributed by atoms with Gasteiger partial charge in [-0.2, -0.15) is 0 Å². The Labute approximate surface area is 113 Å². The lowest BCUT2D eigenvalue weighted by Crippen LogP contribution is -2.13. The Balaban J connectivity index is 2.27. The first kappa shape index (κ1) is 12.9. The lowest BCUT2D eigenvalue weighted by molar-refractivity contribution is 0.601. The van der Waals surface area contributed by atoms with Crippen molar-refractivity contribution in [1.29, 1.82) is 0 Å². The smallest absolute Gasteiger partial charge is 0.262 e. The van der Waals surface area contributed by atoms with Crippen molar-refractivity contribution < 1.29 is 8.42 Å². The van der Waals surface area contributed by atoms with Crippen LogP contribution in [0.2, 0.25) is 0 Å². The van der Waals surface area contributed by atoms with E-state index in [1.54, 1.807) is 12.1 Å². The maximum atomic E-state index is 12.0. The van der Waals surface area contributed by atoms with Crippen LogP contribution in [0.25, 0.3) is 0 Å². The number of sulfonamides is 1. The fourth-order valence-corrected chi connectivity index (χ4v) is 3.02. The van der Waals surface area contributed by atoms with Crippen molar-refractivity contribution in [2.24, 2.45) is 5.73 Å². The second kappa shape index (κ2) is 4.96. The maximum absolute atomic E-state index is 12.0. The molecule has 18 heavy (non-hydrogen) atoms. The van der Waals surface area contributed by atoms with Crippen LogP contribution in [0.5, 0.6) is 0 Å². The summed E-state index contributed by atoms with van der Waals surface area (Å²) in [7, 11) is -3.63. The van der Waals surface area contributed by atoms with Crippen LogP contribution in [0.15, 0.2) is 35.4 Å². The molecule has 0 aliphatic heterocycles. The molecule has 6 nitrogen and oxygen atoms in total. The van der Waals surface area contributed by atoms with E-state index in [1.165, 1.54) is 18.3 Å². The third-order valence-electron chi connectivity index (χ3n) is 2.05. The molecule has 2 rings (SSSR count). The first-order chi connectivity index (χ1) is 8.49. The van der Waals surface area contributed by atoms with Crippen LogP contribution >= 0.6 is 23.8 Å². The van der Waals surface area contributed by atoms with E-state index < -0.39 is 10.0 Å². The highest BCUT2D eigenvalue weighted by atomic mass is 32.2. The quantitative estimate of drug-likeness (QED) is 0.817. The molecule has 0 unspecified atom stereocenters. The van der Waals surface area contributed by atoms with Gasteiger partial charge in [0.1, 0.15) is 9.99 Å². The number of anilines is 1. The Kier molecular flexibility index (Phi) is 3.55. The van der Waals surface area contributed by atoms with Gasteiger partial charge in [-0.25, -0.2) is 8.42 Å². The van der Waals surface area contributed by atoms with Crippen molar-refractivity contribution in [3.05, 3.63) is 36.0 Å². The van der Waals surface area contributed by atoms with Crippen molar-refractivity contribution in [2.75, 3.05) is 4.72 Å². The van der Waals surface area contributed by atoms with Crippen molar-refractivity contribution in [2.45, 2.75) is 4.90 Å². The molecule has 1 heterocycles.